The molecule has 3 rings (SSSR count). The summed E-state index contributed by atoms with van der Waals surface area (Å²) in [6.45, 7) is 0. The van der Waals surface area contributed by atoms with Crippen LogP contribution >= 0.6 is 15.9 Å². The lowest BCUT2D eigenvalue weighted by Crippen LogP contribution is -2.10. The Morgan fingerprint density at radius 2 is 1.71 bits per heavy atom. The van der Waals surface area contributed by atoms with Gasteiger partial charge in [-0.1, -0.05) is 28.1 Å². The number of benzene rings is 2. The predicted octanol–water partition coefficient (Wildman–Crippen LogP) is 4.00. The van der Waals surface area contributed by atoms with Crippen molar-refractivity contribution in [1.82, 2.24) is 0 Å². The number of ketones is 1. The molecule has 0 unspecified atom stereocenters. The molecule has 2 aromatic carbocycles. The third kappa shape index (κ3) is 3.39. The van der Waals surface area contributed by atoms with Crippen molar-refractivity contribution in [2.45, 2.75) is 12.8 Å². The van der Waals surface area contributed by atoms with E-state index in [9.17, 15) is 9.59 Å². The van der Waals surface area contributed by atoms with E-state index in [2.05, 4.69) is 15.9 Å². The Labute approximate surface area is 131 Å². The van der Waals surface area contributed by atoms with Gasteiger partial charge in [-0.05, 0) is 49.2 Å². The maximum Gasteiger partial charge on any atom is 0.314 e. The predicted molar refractivity (Wildman–Crippen MR) is 82.4 cm³/mol. The molecule has 3 nitrogen and oxygen atoms in total. The van der Waals surface area contributed by atoms with Crippen LogP contribution in [0.1, 0.15) is 28.8 Å². The van der Waals surface area contributed by atoms with Gasteiger partial charge < -0.3 is 4.74 Å². The SMILES string of the molecule is O=C(c1ccc(OC(=O)C2CC2)cc1)c1cccc(Br)c1. The van der Waals surface area contributed by atoms with Gasteiger partial charge >= 0.3 is 5.97 Å². The van der Waals surface area contributed by atoms with E-state index in [0.717, 1.165) is 17.3 Å². The highest BCUT2D eigenvalue weighted by atomic mass is 79.9. The van der Waals surface area contributed by atoms with Gasteiger partial charge in [0, 0.05) is 15.6 Å². The van der Waals surface area contributed by atoms with Crippen molar-refractivity contribution in [3.63, 3.8) is 0 Å². The van der Waals surface area contributed by atoms with Gasteiger partial charge in [0.25, 0.3) is 0 Å². The van der Waals surface area contributed by atoms with E-state index < -0.39 is 0 Å². The molecule has 0 N–H and O–H groups in total. The van der Waals surface area contributed by atoms with Gasteiger partial charge in [-0.25, -0.2) is 0 Å². The topological polar surface area (TPSA) is 43.4 Å². The zero-order valence-electron chi connectivity index (χ0n) is 11.2. The van der Waals surface area contributed by atoms with Gasteiger partial charge in [0.05, 0.1) is 5.92 Å². The van der Waals surface area contributed by atoms with Crippen molar-refractivity contribution in [2.24, 2.45) is 5.92 Å². The maximum absolute atomic E-state index is 12.3. The van der Waals surface area contributed by atoms with Crippen molar-refractivity contribution in [3.8, 4) is 5.75 Å². The quantitative estimate of drug-likeness (QED) is 0.478. The second kappa shape index (κ2) is 5.82. The minimum Gasteiger partial charge on any atom is -0.426 e. The fourth-order valence-corrected chi connectivity index (χ4v) is 2.39. The van der Waals surface area contributed by atoms with Gasteiger partial charge in [-0.3, -0.25) is 9.59 Å². The minimum atomic E-state index is -0.180. The molecule has 21 heavy (non-hydrogen) atoms. The van der Waals surface area contributed by atoms with Crippen LogP contribution < -0.4 is 4.74 Å². The molecule has 1 fully saturated rings. The van der Waals surface area contributed by atoms with E-state index in [-0.39, 0.29) is 17.7 Å². The Hall–Kier alpha value is -1.94. The molecule has 0 spiro atoms. The number of carbonyl (C=O) groups excluding carboxylic acids is 2. The van der Waals surface area contributed by atoms with Crippen LogP contribution in [0.3, 0.4) is 0 Å². The molecule has 2 aromatic rings. The summed E-state index contributed by atoms with van der Waals surface area (Å²) in [5, 5.41) is 0. The van der Waals surface area contributed by atoms with Gasteiger partial charge in [0.1, 0.15) is 5.75 Å². The van der Waals surface area contributed by atoms with E-state index >= 15 is 0 Å². The summed E-state index contributed by atoms with van der Waals surface area (Å²) < 4.78 is 6.10. The van der Waals surface area contributed by atoms with Crippen molar-refractivity contribution in [1.29, 1.82) is 0 Å². The molecule has 1 saturated carbocycles. The Balaban J connectivity index is 1.74. The number of rotatable bonds is 4. The molecular formula is C17H13BrO3. The maximum atomic E-state index is 12.3. The summed E-state index contributed by atoms with van der Waals surface area (Å²) in [4.78, 5) is 23.9. The number of ether oxygens (including phenoxy) is 1. The standard InChI is InChI=1S/C17H13BrO3/c18-14-3-1-2-13(10-14)16(19)11-6-8-15(9-7-11)21-17(20)12-4-5-12/h1-3,6-10,12H,4-5H2. The van der Waals surface area contributed by atoms with Gasteiger partial charge in [0.15, 0.2) is 5.78 Å². The molecule has 0 radical (unpaired) electrons. The van der Waals surface area contributed by atoms with Crippen LogP contribution in [0.2, 0.25) is 0 Å². The van der Waals surface area contributed by atoms with Crippen molar-refractivity contribution >= 4 is 27.7 Å². The van der Waals surface area contributed by atoms with E-state index in [1.54, 1.807) is 36.4 Å². The van der Waals surface area contributed by atoms with Crippen molar-refractivity contribution in [2.75, 3.05) is 0 Å². The number of esters is 1. The first kappa shape index (κ1) is 14.0. The summed E-state index contributed by atoms with van der Waals surface area (Å²) in [5.41, 5.74) is 1.19. The molecule has 0 atom stereocenters. The highest BCUT2D eigenvalue weighted by Crippen LogP contribution is 2.30. The largest absolute Gasteiger partial charge is 0.426 e. The van der Waals surface area contributed by atoms with E-state index in [4.69, 9.17) is 4.74 Å². The molecule has 0 bridgehead atoms. The number of carbonyl (C=O) groups is 2. The van der Waals surface area contributed by atoms with Crippen LogP contribution in [0.5, 0.6) is 5.75 Å². The van der Waals surface area contributed by atoms with Gasteiger partial charge in [-0.2, -0.15) is 0 Å². The molecule has 0 aromatic heterocycles. The zero-order chi connectivity index (χ0) is 14.8. The third-order valence-corrected chi connectivity index (χ3v) is 3.83. The van der Waals surface area contributed by atoms with Crippen molar-refractivity contribution in [3.05, 3.63) is 64.1 Å². The van der Waals surface area contributed by atoms with Crippen molar-refractivity contribution < 1.29 is 14.3 Å². The average Bonchev–Trinajstić information content (AvgIpc) is 3.32. The minimum absolute atomic E-state index is 0.0589. The number of halogens is 1. The van der Waals surface area contributed by atoms with Crippen LogP contribution in [0, 0.1) is 5.92 Å². The first-order valence-corrected chi connectivity index (χ1v) is 7.55. The lowest BCUT2D eigenvalue weighted by molar-refractivity contribution is -0.135. The lowest BCUT2D eigenvalue weighted by Gasteiger charge is -2.05. The molecule has 0 heterocycles. The first-order chi connectivity index (χ1) is 10.1. The molecule has 1 aliphatic rings. The Kier molecular flexibility index (Phi) is 3.88. The highest BCUT2D eigenvalue weighted by Gasteiger charge is 2.31. The zero-order valence-corrected chi connectivity index (χ0v) is 12.8. The molecule has 106 valence electrons. The summed E-state index contributed by atoms with van der Waals surface area (Å²) >= 11 is 3.35. The molecule has 0 aliphatic heterocycles. The monoisotopic (exact) mass is 344 g/mol. The van der Waals surface area contributed by atoms with E-state index in [1.165, 1.54) is 0 Å². The second-order valence-corrected chi connectivity index (χ2v) is 5.97. The van der Waals surface area contributed by atoms with Gasteiger partial charge in [0.2, 0.25) is 0 Å². The van der Waals surface area contributed by atoms with E-state index in [0.29, 0.717) is 16.9 Å². The summed E-state index contributed by atoms with van der Waals surface area (Å²) in [6.07, 6.45) is 1.83. The van der Waals surface area contributed by atoms with E-state index in [1.807, 2.05) is 12.1 Å². The summed E-state index contributed by atoms with van der Waals surface area (Å²) in [5.74, 6) is 0.308. The normalized spacial score (nSPS) is 13.8. The Morgan fingerprint density at radius 1 is 1.00 bits per heavy atom. The number of hydrogen-bond acceptors (Lipinski definition) is 3. The first-order valence-electron chi connectivity index (χ1n) is 6.75. The summed E-state index contributed by atoms with van der Waals surface area (Å²) in [7, 11) is 0. The molecular weight excluding hydrogens is 332 g/mol. The molecule has 4 heteroatoms. The number of hydrogen-bond donors (Lipinski definition) is 0. The van der Waals surface area contributed by atoms with Crippen LogP contribution in [0.15, 0.2) is 53.0 Å². The highest BCUT2D eigenvalue weighted by molar-refractivity contribution is 9.10. The average molecular weight is 345 g/mol. The van der Waals surface area contributed by atoms with Gasteiger partial charge in [-0.15, -0.1) is 0 Å². The smallest absolute Gasteiger partial charge is 0.314 e. The van der Waals surface area contributed by atoms with Crippen LogP contribution in [0.25, 0.3) is 0 Å². The van der Waals surface area contributed by atoms with Crippen LogP contribution in [-0.2, 0) is 4.79 Å². The molecule has 0 saturated heterocycles. The molecule has 0 amide bonds. The third-order valence-electron chi connectivity index (χ3n) is 3.33. The lowest BCUT2D eigenvalue weighted by atomic mass is 10.0. The second-order valence-electron chi connectivity index (χ2n) is 5.06. The fraction of sp³-hybridized carbons (Fsp3) is 0.176. The van der Waals surface area contributed by atoms with Crippen LogP contribution in [-0.4, -0.2) is 11.8 Å². The molecule has 1 aliphatic carbocycles. The van der Waals surface area contributed by atoms with Crippen LogP contribution in [0.4, 0.5) is 0 Å². The fourth-order valence-electron chi connectivity index (χ4n) is 1.99. The summed E-state index contributed by atoms with van der Waals surface area (Å²) in [6, 6.07) is 13.9. The Bertz CT molecular complexity index is 687. The Morgan fingerprint density at radius 3 is 2.33 bits per heavy atom.